The first-order chi connectivity index (χ1) is 12.0. The van der Waals surface area contributed by atoms with Gasteiger partial charge in [-0.25, -0.2) is 9.48 Å². The normalized spacial score (nSPS) is 10.7. The zero-order chi connectivity index (χ0) is 18.0. The molecule has 0 saturated carbocycles. The van der Waals surface area contributed by atoms with Gasteiger partial charge in [-0.3, -0.25) is 0 Å². The Morgan fingerprint density at radius 1 is 1.20 bits per heavy atom. The second-order valence-corrected chi connectivity index (χ2v) is 6.47. The lowest BCUT2D eigenvalue weighted by Gasteiger charge is -2.10. The molecule has 0 spiro atoms. The summed E-state index contributed by atoms with van der Waals surface area (Å²) in [6.45, 7) is 0. The third kappa shape index (κ3) is 3.50. The molecule has 0 aliphatic heterocycles. The van der Waals surface area contributed by atoms with Gasteiger partial charge in [0.25, 0.3) is 0 Å². The molecule has 3 rings (SSSR count). The van der Waals surface area contributed by atoms with Crippen LogP contribution in [0.15, 0.2) is 53.4 Å². The Morgan fingerprint density at radius 3 is 2.52 bits per heavy atom. The Labute approximate surface area is 154 Å². The van der Waals surface area contributed by atoms with Crippen molar-refractivity contribution in [3.8, 4) is 22.7 Å². The maximum atomic E-state index is 11.4. The lowest BCUT2D eigenvalue weighted by molar-refractivity contribution is 0.0690. The van der Waals surface area contributed by atoms with E-state index in [0.29, 0.717) is 22.2 Å². The number of thioether (sulfide) groups is 1. The second kappa shape index (κ2) is 7.21. The van der Waals surface area contributed by atoms with Crippen LogP contribution in [0.25, 0.3) is 16.9 Å². The molecule has 0 fully saturated rings. The number of halogens is 1. The number of nitrogens with zero attached hydrogens (tertiary/aromatic N) is 2. The Kier molecular flexibility index (Phi) is 5.01. The minimum Gasteiger partial charge on any atom is -0.495 e. The molecule has 3 aromatic rings. The molecule has 0 saturated heterocycles. The van der Waals surface area contributed by atoms with Crippen LogP contribution in [0.4, 0.5) is 0 Å². The Hall–Kier alpha value is -2.44. The first kappa shape index (κ1) is 17.4. The summed E-state index contributed by atoms with van der Waals surface area (Å²) in [5.41, 5.74) is 2.18. The van der Waals surface area contributed by atoms with E-state index in [1.807, 2.05) is 30.5 Å². The van der Waals surface area contributed by atoms with Gasteiger partial charge in [0.15, 0.2) is 5.69 Å². The minimum absolute atomic E-state index is 0.0298. The Bertz CT molecular complexity index is 923. The first-order valence-electron chi connectivity index (χ1n) is 7.35. The molecule has 0 radical (unpaired) electrons. The summed E-state index contributed by atoms with van der Waals surface area (Å²) in [7, 11) is 1.53. The van der Waals surface area contributed by atoms with E-state index in [2.05, 4.69) is 5.10 Å². The van der Waals surface area contributed by atoms with Crippen molar-refractivity contribution in [2.24, 2.45) is 0 Å². The van der Waals surface area contributed by atoms with Crippen LogP contribution < -0.4 is 4.74 Å². The quantitative estimate of drug-likeness (QED) is 0.660. The van der Waals surface area contributed by atoms with Gasteiger partial charge in [0.05, 0.1) is 23.5 Å². The molecule has 0 amide bonds. The molecule has 0 unspecified atom stereocenters. The molecule has 1 heterocycles. The lowest BCUT2D eigenvalue weighted by atomic mass is 10.1. The average molecular weight is 375 g/mol. The van der Waals surface area contributed by atoms with Gasteiger partial charge >= 0.3 is 5.97 Å². The second-order valence-electron chi connectivity index (χ2n) is 5.18. The van der Waals surface area contributed by atoms with Crippen molar-refractivity contribution >= 4 is 29.3 Å². The number of rotatable bonds is 5. The van der Waals surface area contributed by atoms with Crippen molar-refractivity contribution in [2.45, 2.75) is 4.90 Å². The standard InChI is InChI=1S/C18H15ClN2O3S/c1-24-17-9-12(5-8-14(17)19)21-16(10-15(20-21)18(22)23)11-3-6-13(25-2)7-4-11/h3-10H,1-2H3,(H,22,23). The summed E-state index contributed by atoms with van der Waals surface area (Å²) in [6, 6.07) is 14.6. The van der Waals surface area contributed by atoms with Crippen LogP contribution in [0.2, 0.25) is 5.02 Å². The van der Waals surface area contributed by atoms with Gasteiger partial charge in [0, 0.05) is 16.5 Å². The number of aromatic nitrogens is 2. The van der Waals surface area contributed by atoms with Crippen LogP contribution in [0.3, 0.4) is 0 Å². The number of benzene rings is 2. The van der Waals surface area contributed by atoms with Gasteiger partial charge in [-0.2, -0.15) is 5.10 Å². The summed E-state index contributed by atoms with van der Waals surface area (Å²) >= 11 is 7.72. The third-order valence-electron chi connectivity index (χ3n) is 3.69. The van der Waals surface area contributed by atoms with Crippen LogP contribution in [-0.4, -0.2) is 34.2 Å². The van der Waals surface area contributed by atoms with Crippen LogP contribution in [0.1, 0.15) is 10.5 Å². The zero-order valence-electron chi connectivity index (χ0n) is 13.6. The third-order valence-corrected chi connectivity index (χ3v) is 4.75. The zero-order valence-corrected chi connectivity index (χ0v) is 15.1. The topological polar surface area (TPSA) is 64.4 Å². The molecule has 0 aliphatic rings. The first-order valence-corrected chi connectivity index (χ1v) is 8.95. The van der Waals surface area contributed by atoms with Crippen molar-refractivity contribution in [1.29, 1.82) is 0 Å². The van der Waals surface area contributed by atoms with Gasteiger partial charge < -0.3 is 9.84 Å². The highest BCUT2D eigenvalue weighted by Crippen LogP contribution is 2.30. The van der Waals surface area contributed by atoms with Crippen LogP contribution >= 0.6 is 23.4 Å². The van der Waals surface area contributed by atoms with E-state index in [9.17, 15) is 9.90 Å². The van der Waals surface area contributed by atoms with Gasteiger partial charge in [-0.1, -0.05) is 23.7 Å². The predicted molar refractivity (Wildman–Crippen MR) is 99.3 cm³/mol. The lowest BCUT2D eigenvalue weighted by Crippen LogP contribution is -2.02. The number of hydrogen-bond donors (Lipinski definition) is 1. The van der Waals surface area contributed by atoms with E-state index in [-0.39, 0.29) is 5.69 Å². The molecule has 0 atom stereocenters. The molecule has 1 aromatic heterocycles. The van der Waals surface area contributed by atoms with Gasteiger partial charge in [-0.15, -0.1) is 11.8 Å². The number of aromatic carboxylic acids is 1. The summed E-state index contributed by atoms with van der Waals surface area (Å²) in [5, 5.41) is 14.0. The van der Waals surface area contributed by atoms with Gasteiger partial charge in [0.1, 0.15) is 5.75 Å². The number of methoxy groups -OCH3 is 1. The molecule has 1 N–H and O–H groups in total. The van der Waals surface area contributed by atoms with Crippen LogP contribution in [0.5, 0.6) is 5.75 Å². The van der Waals surface area contributed by atoms with E-state index in [1.54, 1.807) is 40.7 Å². The van der Waals surface area contributed by atoms with Crippen molar-refractivity contribution in [2.75, 3.05) is 13.4 Å². The minimum atomic E-state index is -1.08. The highest BCUT2D eigenvalue weighted by atomic mass is 35.5. The van der Waals surface area contributed by atoms with Crippen molar-refractivity contribution in [1.82, 2.24) is 9.78 Å². The van der Waals surface area contributed by atoms with Gasteiger partial charge in [-0.05, 0) is 36.6 Å². The van der Waals surface area contributed by atoms with E-state index in [0.717, 1.165) is 10.5 Å². The maximum Gasteiger partial charge on any atom is 0.356 e. The number of carboxylic acids is 1. The summed E-state index contributed by atoms with van der Waals surface area (Å²) in [6.07, 6.45) is 2.00. The molecule has 25 heavy (non-hydrogen) atoms. The SMILES string of the molecule is COc1cc(-n2nc(C(=O)O)cc2-c2ccc(SC)cc2)ccc1Cl. The van der Waals surface area contributed by atoms with Crippen molar-refractivity contribution < 1.29 is 14.6 Å². The molecular weight excluding hydrogens is 360 g/mol. The maximum absolute atomic E-state index is 11.4. The van der Waals surface area contributed by atoms with Crippen LogP contribution in [0, 0.1) is 0 Å². The van der Waals surface area contributed by atoms with Crippen molar-refractivity contribution in [3.63, 3.8) is 0 Å². The monoisotopic (exact) mass is 374 g/mol. The van der Waals surface area contributed by atoms with E-state index < -0.39 is 5.97 Å². The fourth-order valence-corrected chi connectivity index (χ4v) is 3.03. The Balaban J connectivity index is 2.16. The summed E-state index contributed by atoms with van der Waals surface area (Å²) < 4.78 is 6.82. The molecule has 2 aromatic carbocycles. The smallest absolute Gasteiger partial charge is 0.356 e. The van der Waals surface area contributed by atoms with E-state index in [4.69, 9.17) is 16.3 Å². The number of carboxylic acid groups (broad SMARTS) is 1. The van der Waals surface area contributed by atoms with Crippen LogP contribution in [-0.2, 0) is 0 Å². The van der Waals surface area contributed by atoms with E-state index in [1.165, 1.54) is 7.11 Å². The predicted octanol–water partition coefficient (Wildman–Crippen LogP) is 4.62. The van der Waals surface area contributed by atoms with Gasteiger partial charge in [0.2, 0.25) is 0 Å². The molecule has 5 nitrogen and oxygen atoms in total. The summed E-state index contributed by atoms with van der Waals surface area (Å²) in [4.78, 5) is 12.5. The molecular formula is C18H15ClN2O3S. The fraction of sp³-hybridized carbons (Fsp3) is 0.111. The van der Waals surface area contributed by atoms with Crippen molar-refractivity contribution in [3.05, 3.63) is 59.2 Å². The Morgan fingerprint density at radius 2 is 1.92 bits per heavy atom. The van der Waals surface area contributed by atoms with E-state index >= 15 is 0 Å². The highest BCUT2D eigenvalue weighted by molar-refractivity contribution is 7.98. The molecule has 0 bridgehead atoms. The largest absolute Gasteiger partial charge is 0.495 e. The fourth-order valence-electron chi connectivity index (χ4n) is 2.43. The number of carbonyl (C=O) groups is 1. The summed E-state index contributed by atoms with van der Waals surface area (Å²) in [5.74, 6) is -0.586. The molecule has 7 heteroatoms. The average Bonchev–Trinajstić information content (AvgIpc) is 3.08. The molecule has 0 aliphatic carbocycles. The number of hydrogen-bond acceptors (Lipinski definition) is 4. The molecule has 128 valence electrons. The number of ether oxygens (including phenoxy) is 1. The highest BCUT2D eigenvalue weighted by Gasteiger charge is 2.17.